The highest BCUT2D eigenvalue weighted by molar-refractivity contribution is 5.92. The van der Waals surface area contributed by atoms with Crippen LogP contribution in [-0.2, 0) is 4.74 Å². The zero-order chi connectivity index (χ0) is 9.68. The molecule has 0 unspecified atom stereocenters. The maximum atomic E-state index is 10.8. The van der Waals surface area contributed by atoms with Crippen molar-refractivity contribution in [1.82, 2.24) is 4.98 Å². The summed E-state index contributed by atoms with van der Waals surface area (Å²) in [5.74, 6) is 0.533. The molecule has 0 N–H and O–H groups in total. The molecule has 0 fully saturated rings. The van der Waals surface area contributed by atoms with Gasteiger partial charge in [-0.25, -0.2) is 4.98 Å². The second kappa shape index (κ2) is 4.57. The molecule has 1 heterocycles. The summed E-state index contributed by atoms with van der Waals surface area (Å²) in [7, 11) is 1.54. The molecular formula is C9H11NO3. The van der Waals surface area contributed by atoms with Gasteiger partial charge in [-0.3, -0.25) is 4.79 Å². The van der Waals surface area contributed by atoms with Gasteiger partial charge in [0.15, 0.2) is 12.6 Å². The molecule has 0 atom stereocenters. The Labute approximate surface area is 76.5 Å². The number of carbonyl (C=O) groups is 1. The third kappa shape index (κ3) is 2.83. The first-order valence-corrected chi connectivity index (χ1v) is 3.83. The van der Waals surface area contributed by atoms with E-state index in [4.69, 9.17) is 9.47 Å². The van der Waals surface area contributed by atoms with E-state index in [1.165, 1.54) is 20.2 Å². The molecule has 0 aromatic carbocycles. The van der Waals surface area contributed by atoms with Crippen LogP contribution in [0.1, 0.15) is 17.4 Å². The molecule has 0 radical (unpaired) electrons. The molecule has 0 saturated carbocycles. The predicted molar refractivity (Wildman–Crippen MR) is 46.7 cm³/mol. The highest BCUT2D eigenvalue weighted by atomic mass is 16.7. The van der Waals surface area contributed by atoms with E-state index in [1.807, 2.05) is 0 Å². The average molecular weight is 181 g/mol. The minimum Gasteiger partial charge on any atom is -0.466 e. The molecule has 1 rings (SSSR count). The number of nitrogens with zero attached hydrogens (tertiary/aromatic N) is 1. The predicted octanol–water partition coefficient (Wildman–Crippen LogP) is 1.27. The third-order valence-corrected chi connectivity index (χ3v) is 1.44. The third-order valence-electron chi connectivity index (χ3n) is 1.44. The quantitative estimate of drug-likeness (QED) is 0.518. The summed E-state index contributed by atoms with van der Waals surface area (Å²) in [4.78, 5) is 14.7. The molecule has 0 aliphatic carbocycles. The van der Waals surface area contributed by atoms with Gasteiger partial charge in [0.05, 0.1) is 6.20 Å². The van der Waals surface area contributed by atoms with Gasteiger partial charge in [0.25, 0.3) is 0 Å². The highest BCUT2D eigenvalue weighted by Gasteiger charge is 2.00. The fourth-order valence-corrected chi connectivity index (χ4v) is 0.801. The lowest BCUT2D eigenvalue weighted by Gasteiger charge is -2.03. The number of aromatic nitrogens is 1. The fraction of sp³-hybridized carbons (Fsp3) is 0.333. The Morgan fingerprint density at radius 3 is 2.77 bits per heavy atom. The first kappa shape index (κ1) is 9.67. The van der Waals surface area contributed by atoms with E-state index in [0.717, 1.165) is 0 Å². The lowest BCUT2D eigenvalue weighted by molar-refractivity contribution is 0.0508. The van der Waals surface area contributed by atoms with Crippen molar-refractivity contribution < 1.29 is 14.3 Å². The van der Waals surface area contributed by atoms with E-state index in [9.17, 15) is 4.79 Å². The summed E-state index contributed by atoms with van der Waals surface area (Å²) in [5.41, 5.74) is 0.435. The van der Waals surface area contributed by atoms with E-state index >= 15 is 0 Å². The van der Waals surface area contributed by atoms with Crippen molar-refractivity contribution in [2.24, 2.45) is 0 Å². The molecule has 0 aliphatic rings. The van der Waals surface area contributed by atoms with Crippen LogP contribution in [0.2, 0.25) is 0 Å². The van der Waals surface area contributed by atoms with Crippen molar-refractivity contribution in [3.05, 3.63) is 24.0 Å². The summed E-state index contributed by atoms with van der Waals surface area (Å²) in [5, 5.41) is 0. The normalized spacial score (nSPS) is 9.69. The number of hydrogen-bond donors (Lipinski definition) is 0. The van der Waals surface area contributed by atoms with Crippen LogP contribution in [-0.4, -0.2) is 24.7 Å². The Kier molecular flexibility index (Phi) is 3.40. The van der Waals surface area contributed by atoms with Crippen molar-refractivity contribution in [1.29, 1.82) is 0 Å². The number of methoxy groups -OCH3 is 1. The van der Waals surface area contributed by atoms with E-state index in [-0.39, 0.29) is 12.6 Å². The molecule has 13 heavy (non-hydrogen) atoms. The average Bonchev–Trinajstić information content (AvgIpc) is 2.15. The number of Topliss-reactive ketones (excluding diaryl/α,β-unsaturated/α-hetero) is 1. The van der Waals surface area contributed by atoms with E-state index in [0.29, 0.717) is 11.4 Å². The topological polar surface area (TPSA) is 48.4 Å². The zero-order valence-corrected chi connectivity index (χ0v) is 7.61. The van der Waals surface area contributed by atoms with Gasteiger partial charge < -0.3 is 9.47 Å². The Hall–Kier alpha value is -1.42. The summed E-state index contributed by atoms with van der Waals surface area (Å²) in [6.45, 7) is 1.65. The summed E-state index contributed by atoms with van der Waals surface area (Å²) < 4.78 is 9.80. The first-order valence-electron chi connectivity index (χ1n) is 3.83. The number of ketones is 1. The van der Waals surface area contributed by atoms with Gasteiger partial charge in [-0.2, -0.15) is 0 Å². The van der Waals surface area contributed by atoms with E-state index in [2.05, 4.69) is 4.98 Å². The van der Waals surface area contributed by atoms with Gasteiger partial charge in [-0.15, -0.1) is 0 Å². The van der Waals surface area contributed by atoms with Crippen molar-refractivity contribution in [2.45, 2.75) is 6.92 Å². The van der Waals surface area contributed by atoms with Gasteiger partial charge in [0, 0.05) is 14.0 Å². The molecule has 0 saturated heterocycles. The lowest BCUT2D eigenvalue weighted by atomic mass is 10.3. The monoisotopic (exact) mass is 181 g/mol. The molecule has 4 nitrogen and oxygen atoms in total. The van der Waals surface area contributed by atoms with Gasteiger partial charge >= 0.3 is 0 Å². The molecule has 1 aromatic heterocycles. The van der Waals surface area contributed by atoms with Gasteiger partial charge in [0.2, 0.25) is 0 Å². The minimum absolute atomic E-state index is 0.0571. The lowest BCUT2D eigenvalue weighted by Crippen LogP contribution is -2.01. The largest absolute Gasteiger partial charge is 0.466 e. The zero-order valence-electron chi connectivity index (χ0n) is 7.61. The second-order valence-corrected chi connectivity index (χ2v) is 2.49. The van der Waals surface area contributed by atoms with E-state index < -0.39 is 0 Å². The van der Waals surface area contributed by atoms with E-state index in [1.54, 1.807) is 12.1 Å². The van der Waals surface area contributed by atoms with Gasteiger partial charge in [-0.1, -0.05) is 0 Å². The van der Waals surface area contributed by atoms with Gasteiger partial charge in [-0.05, 0) is 12.1 Å². The molecule has 70 valence electrons. The van der Waals surface area contributed by atoms with Crippen LogP contribution < -0.4 is 4.74 Å². The smallest absolute Gasteiger partial charge is 0.188 e. The number of carbonyl (C=O) groups excluding carboxylic acids is 1. The van der Waals surface area contributed by atoms with Crippen LogP contribution in [0.4, 0.5) is 0 Å². The summed E-state index contributed by atoms with van der Waals surface area (Å²) in [6.07, 6.45) is 1.50. The maximum absolute atomic E-state index is 10.8. The summed E-state index contributed by atoms with van der Waals surface area (Å²) >= 11 is 0. The molecule has 1 aromatic rings. The Morgan fingerprint density at radius 1 is 1.54 bits per heavy atom. The first-order chi connectivity index (χ1) is 6.24. The van der Waals surface area contributed by atoms with Crippen molar-refractivity contribution in [3.63, 3.8) is 0 Å². The minimum atomic E-state index is -0.0571. The number of rotatable bonds is 4. The molecule has 4 heteroatoms. The Balaban J connectivity index is 2.64. The molecule has 0 bridgehead atoms. The summed E-state index contributed by atoms with van der Waals surface area (Å²) in [6, 6.07) is 3.30. The van der Waals surface area contributed by atoms with Crippen molar-refractivity contribution in [2.75, 3.05) is 13.9 Å². The number of pyridine rings is 1. The molecule has 0 spiro atoms. The van der Waals surface area contributed by atoms with Crippen LogP contribution in [0.15, 0.2) is 18.3 Å². The van der Waals surface area contributed by atoms with Crippen molar-refractivity contribution >= 4 is 5.78 Å². The van der Waals surface area contributed by atoms with Crippen LogP contribution in [0.25, 0.3) is 0 Å². The van der Waals surface area contributed by atoms with Crippen LogP contribution in [0.5, 0.6) is 5.75 Å². The van der Waals surface area contributed by atoms with Gasteiger partial charge in [0.1, 0.15) is 11.4 Å². The number of hydrogen-bond acceptors (Lipinski definition) is 4. The van der Waals surface area contributed by atoms with Crippen LogP contribution in [0.3, 0.4) is 0 Å². The molecule has 0 aliphatic heterocycles. The van der Waals surface area contributed by atoms with Crippen LogP contribution >= 0.6 is 0 Å². The molecule has 0 amide bonds. The Morgan fingerprint density at radius 2 is 2.31 bits per heavy atom. The SMILES string of the molecule is COCOc1ccc(C(C)=O)nc1. The standard InChI is InChI=1S/C9H11NO3/c1-7(11)9-4-3-8(5-10-9)13-6-12-2/h3-5H,6H2,1-2H3. The highest BCUT2D eigenvalue weighted by Crippen LogP contribution is 2.08. The number of ether oxygens (including phenoxy) is 2. The Bertz CT molecular complexity index is 281. The fourth-order valence-electron chi connectivity index (χ4n) is 0.801. The molecular weight excluding hydrogens is 170 g/mol. The second-order valence-electron chi connectivity index (χ2n) is 2.49. The maximum Gasteiger partial charge on any atom is 0.188 e. The van der Waals surface area contributed by atoms with Crippen molar-refractivity contribution in [3.8, 4) is 5.75 Å². The van der Waals surface area contributed by atoms with Crippen LogP contribution in [0, 0.1) is 0 Å².